The van der Waals surface area contributed by atoms with E-state index < -0.39 is 47.9 Å². The van der Waals surface area contributed by atoms with Crippen LogP contribution < -0.4 is 34.3 Å². The second kappa shape index (κ2) is 20.4. The first-order valence-corrected chi connectivity index (χ1v) is 16.4. The molecule has 0 unspecified atom stereocenters. The molecule has 0 amide bonds. The molecule has 0 saturated carbocycles. The normalized spacial score (nSPS) is 11.2. The molecule has 10 nitrogen and oxygen atoms in total. The molecule has 19 heteroatoms. The number of aromatic hydroxyl groups is 1. The molecule has 0 radical (unpaired) electrons. The number of methoxy groups -OCH3 is 1. The third-order valence-electron chi connectivity index (χ3n) is 7.38. The number of ether oxygens (including phenoxy) is 1. The van der Waals surface area contributed by atoms with Crippen LogP contribution in [0, 0.1) is 0 Å². The number of rotatable bonds is 7. The number of phenols is 1. The molecule has 0 spiro atoms. The number of nitrogens with zero attached hydrogens (tertiary/aromatic N) is 6. The molecule has 0 saturated heterocycles. The number of fused-ring (bicyclic) bond motifs is 2. The minimum Gasteiger partial charge on any atom is -0.793 e. The Kier molecular flexibility index (Phi) is 16.7. The molecular weight excluding hydrogens is 768 g/mol. The van der Waals surface area contributed by atoms with Gasteiger partial charge in [0.05, 0.1) is 38.1 Å². The number of carbonyl (C=O) groups excluding carboxylic acids is 2. The first kappa shape index (κ1) is 44.9. The Labute approximate surface area is 339 Å². The number of aryl methyl sites for hydroxylation is 2. The minimum atomic E-state index is -4.75. The van der Waals surface area contributed by atoms with Crippen molar-refractivity contribution in [1.82, 2.24) is 28.7 Å². The number of phenolic OH excluding ortho intramolecular Hbond substituents is 1. The van der Waals surface area contributed by atoms with E-state index >= 15 is 0 Å². The van der Waals surface area contributed by atoms with Crippen LogP contribution in [-0.4, -0.2) is 65.4 Å². The first-order chi connectivity index (χ1) is 26.0. The third kappa shape index (κ3) is 10.8. The van der Waals surface area contributed by atoms with Crippen LogP contribution in [0.15, 0.2) is 73.3 Å². The standard InChI is InChI=1S/C17H14F3N3O2.C16H12F3N3O2.C2H6S.CH3F.Na/c1-3-12-14(23-8-4-7-21-16(23)22-12)15(24)10-5-6-13(25-2)11(9-10)17(18,19)20;1-2-11-13(22-7-3-6-20-15(22)21-11)14(24)9-4-5-12(23)10(8-9)16(17,18)19;1-2-3;1-2;/h4-9H,3H2,1-2H3;3-8,23H,2H2,1H3;3H,2H2,1H3;1H3;/q;;;;+1/p-1/i;;;1D;. The van der Waals surface area contributed by atoms with Crippen LogP contribution in [0.25, 0.3) is 11.6 Å². The van der Waals surface area contributed by atoms with E-state index in [1.165, 1.54) is 27.3 Å². The molecule has 55 heavy (non-hydrogen) atoms. The molecule has 0 fully saturated rings. The number of hydrogen-bond acceptors (Lipinski definition) is 9. The van der Waals surface area contributed by atoms with Gasteiger partial charge in [-0.2, -0.15) is 32.1 Å². The van der Waals surface area contributed by atoms with E-state index in [0.29, 0.717) is 41.9 Å². The predicted molar refractivity (Wildman–Crippen MR) is 188 cm³/mol. The molecule has 2 aromatic carbocycles. The molecule has 0 aliphatic rings. The van der Waals surface area contributed by atoms with Gasteiger partial charge in [0.1, 0.15) is 22.9 Å². The fraction of sp³-hybridized carbons (Fsp3) is 0.278. The van der Waals surface area contributed by atoms with Gasteiger partial charge < -0.3 is 22.5 Å². The average Bonchev–Trinajstić information content (AvgIpc) is 3.73. The molecule has 0 aliphatic heterocycles. The van der Waals surface area contributed by atoms with Crippen molar-refractivity contribution in [2.75, 3.05) is 20.0 Å². The number of halogens is 7. The summed E-state index contributed by atoms with van der Waals surface area (Å²) in [5.41, 5.74) is -1.21. The summed E-state index contributed by atoms with van der Waals surface area (Å²) in [6.45, 7) is 5.54. The van der Waals surface area contributed by atoms with E-state index in [2.05, 4.69) is 32.6 Å². The van der Waals surface area contributed by atoms with E-state index in [-0.39, 0.29) is 57.8 Å². The summed E-state index contributed by atoms with van der Waals surface area (Å²) in [6.07, 6.45) is -2.28. The maximum Gasteiger partial charge on any atom is 1.00 e. The van der Waals surface area contributed by atoms with Crippen molar-refractivity contribution in [3.63, 3.8) is 0 Å². The fourth-order valence-electron chi connectivity index (χ4n) is 5.09. The maximum atomic E-state index is 13.2. The van der Waals surface area contributed by atoms with E-state index in [4.69, 9.17) is 6.11 Å². The first-order valence-electron chi connectivity index (χ1n) is 16.5. The van der Waals surface area contributed by atoms with Crippen LogP contribution in [-0.2, 0) is 37.8 Å². The van der Waals surface area contributed by atoms with Crippen LogP contribution in [0.5, 0.6) is 11.5 Å². The van der Waals surface area contributed by atoms with Gasteiger partial charge in [-0.3, -0.25) is 22.8 Å². The van der Waals surface area contributed by atoms with Crippen molar-refractivity contribution in [3.8, 4) is 11.5 Å². The Hall–Kier alpha value is -4.52. The Morgan fingerprint density at radius 3 is 1.58 bits per heavy atom. The number of alkyl halides is 7. The minimum absolute atomic E-state index is 0. The quantitative estimate of drug-likeness (QED) is 0.104. The molecule has 6 aromatic rings. The zero-order valence-corrected chi connectivity index (χ0v) is 33.0. The molecule has 4 aromatic heterocycles. The Balaban J connectivity index is 0.000000334. The van der Waals surface area contributed by atoms with Crippen molar-refractivity contribution < 1.29 is 81.1 Å². The Morgan fingerprint density at radius 2 is 1.20 bits per heavy atom. The molecule has 6 rings (SSSR count). The number of aromatic nitrogens is 6. The summed E-state index contributed by atoms with van der Waals surface area (Å²) in [5.74, 6) is -0.961. The zero-order valence-electron chi connectivity index (χ0n) is 31.2. The van der Waals surface area contributed by atoms with Gasteiger partial charge in [-0.15, -0.1) is 0 Å². The molecule has 0 atom stereocenters. The summed E-state index contributed by atoms with van der Waals surface area (Å²) >= 11 is 4.39. The van der Waals surface area contributed by atoms with Gasteiger partial charge in [0.15, 0.2) is 0 Å². The van der Waals surface area contributed by atoms with Gasteiger partial charge in [0.2, 0.25) is 23.1 Å². The van der Waals surface area contributed by atoms with Crippen molar-refractivity contribution in [2.45, 2.75) is 46.0 Å². The number of hydrogen-bond donors (Lipinski definition) is 1. The second-order valence-corrected chi connectivity index (χ2v) is 11.3. The molecule has 0 bridgehead atoms. The van der Waals surface area contributed by atoms with E-state index in [1.807, 2.05) is 13.8 Å². The van der Waals surface area contributed by atoms with E-state index in [1.54, 1.807) is 31.5 Å². The molecule has 1 N–H and O–H groups in total. The SMILES string of the molecule is CC[S-].CCc1nc2ncccn2c1C(=O)c1ccc(O)c(C(F)(F)F)c1.CCc1nc2ncccn2c1C(=O)c1ccc(OC)c(C(F)(F)F)c1.[2H]CF.[Na+]. The van der Waals surface area contributed by atoms with Gasteiger partial charge in [0.25, 0.3) is 0 Å². The van der Waals surface area contributed by atoms with Crippen molar-refractivity contribution in [1.29, 1.82) is 0 Å². The predicted octanol–water partition coefficient (Wildman–Crippen LogP) is 4.94. The average molecular weight is 804 g/mol. The van der Waals surface area contributed by atoms with Gasteiger partial charge >= 0.3 is 41.9 Å². The van der Waals surface area contributed by atoms with Gasteiger partial charge in [0, 0.05) is 35.9 Å². The van der Waals surface area contributed by atoms with E-state index in [0.717, 1.165) is 37.1 Å². The monoisotopic (exact) mass is 803 g/mol. The van der Waals surface area contributed by atoms with Crippen molar-refractivity contribution >= 4 is 35.8 Å². The van der Waals surface area contributed by atoms with Gasteiger partial charge in [-0.05, 0) is 61.4 Å². The number of carbonyl (C=O) groups is 2. The summed E-state index contributed by atoms with van der Waals surface area (Å²) in [6, 6.07) is 9.15. The fourth-order valence-corrected chi connectivity index (χ4v) is 5.09. The largest absolute Gasteiger partial charge is 1.00 e. The van der Waals surface area contributed by atoms with Crippen LogP contribution in [0.1, 0.15) is 76.8 Å². The Bertz CT molecular complexity index is 2250. The van der Waals surface area contributed by atoms with Crippen molar-refractivity contribution in [2.24, 2.45) is 0 Å². The van der Waals surface area contributed by atoms with E-state index in [9.17, 15) is 45.4 Å². The third-order valence-corrected chi connectivity index (χ3v) is 7.38. The molecule has 0 aliphatic carbocycles. The molecule has 4 heterocycles. The molecule has 288 valence electrons. The maximum absolute atomic E-state index is 13.2. The topological polar surface area (TPSA) is 124 Å². The summed E-state index contributed by atoms with van der Waals surface area (Å²) in [4.78, 5) is 42.2. The summed E-state index contributed by atoms with van der Waals surface area (Å²) in [5, 5.41) is 9.40. The van der Waals surface area contributed by atoms with Crippen LogP contribution in [0.3, 0.4) is 0 Å². The van der Waals surface area contributed by atoms with Crippen LogP contribution in [0.4, 0.5) is 30.7 Å². The summed E-state index contributed by atoms with van der Waals surface area (Å²) in [7, 11) is 0.150. The smallest absolute Gasteiger partial charge is 0.793 e. The van der Waals surface area contributed by atoms with Crippen LogP contribution >= 0.6 is 0 Å². The van der Waals surface area contributed by atoms with Gasteiger partial charge in [-0.1, -0.05) is 20.8 Å². The second-order valence-electron chi connectivity index (χ2n) is 10.7. The molecular formula is C36H34F7N6NaO4S. The number of ketones is 2. The number of imidazole rings is 2. The van der Waals surface area contributed by atoms with Crippen LogP contribution in [0.2, 0.25) is 0 Å². The Morgan fingerprint density at radius 1 is 0.800 bits per heavy atom. The van der Waals surface area contributed by atoms with Crippen molar-refractivity contribution in [3.05, 3.63) is 118 Å². The summed E-state index contributed by atoms with van der Waals surface area (Å²) < 4.78 is 102. The zero-order chi connectivity index (χ0) is 41.1. The van der Waals surface area contributed by atoms with Gasteiger partial charge in [-0.25, -0.2) is 19.9 Å². The number of benzene rings is 2.